The number of carbonyl (C=O) groups is 1. The van der Waals surface area contributed by atoms with Crippen LogP contribution in [0.3, 0.4) is 0 Å². The Morgan fingerprint density at radius 2 is 2.18 bits per heavy atom. The molecular formula is C22H27F2N3O. The van der Waals surface area contributed by atoms with E-state index in [1.54, 1.807) is 4.90 Å². The largest absolute Gasteiger partial charge is 0.354 e. The molecule has 0 bridgehead atoms. The molecule has 0 saturated heterocycles. The zero-order valence-corrected chi connectivity index (χ0v) is 16.6. The lowest BCUT2D eigenvalue weighted by Crippen LogP contribution is -2.54. The Hall–Kier alpha value is -2.39. The number of amides is 1. The van der Waals surface area contributed by atoms with Gasteiger partial charge in [-0.15, -0.1) is 6.42 Å². The van der Waals surface area contributed by atoms with Gasteiger partial charge in [-0.05, 0) is 42.9 Å². The Balaban J connectivity index is 2.14. The summed E-state index contributed by atoms with van der Waals surface area (Å²) in [5.41, 5.74) is 1.89. The van der Waals surface area contributed by atoms with E-state index >= 15 is 0 Å². The fourth-order valence-corrected chi connectivity index (χ4v) is 4.10. The van der Waals surface area contributed by atoms with Crippen molar-refractivity contribution in [3.8, 4) is 12.3 Å². The molecule has 4 nitrogen and oxygen atoms in total. The molecule has 0 spiro atoms. The molecule has 1 amide bonds. The standard InChI is InChI=1S/C22H27F2N3O/c1-5-7-8-25-19-12-16-15-10-14(23)11-17(24)21(15)26-22(16)18(9-13(3)4)27(19)20(28)6-2/h2,10-11,13,18-19,25-26H,5,7-9,12H2,1,3-4H3/t18-,19+/m0/s1. The van der Waals surface area contributed by atoms with Crippen molar-refractivity contribution in [3.05, 3.63) is 35.0 Å². The lowest BCUT2D eigenvalue weighted by Gasteiger charge is -2.42. The number of unbranched alkanes of at least 4 members (excludes halogenated alkanes) is 1. The summed E-state index contributed by atoms with van der Waals surface area (Å²) in [5, 5.41) is 3.96. The molecule has 0 fully saturated rings. The molecule has 150 valence electrons. The SMILES string of the molecule is C#CC(=O)N1[C@@H](NCCCC)Cc2c([nH]c3c(F)cc(F)cc23)[C@@H]1CC(C)C. The summed E-state index contributed by atoms with van der Waals surface area (Å²) >= 11 is 0. The van der Waals surface area contributed by atoms with Gasteiger partial charge < -0.3 is 9.88 Å². The van der Waals surface area contributed by atoms with Gasteiger partial charge >= 0.3 is 0 Å². The number of aromatic nitrogens is 1. The number of hydrogen-bond acceptors (Lipinski definition) is 2. The van der Waals surface area contributed by atoms with Gasteiger partial charge in [-0.1, -0.05) is 27.2 Å². The zero-order valence-electron chi connectivity index (χ0n) is 16.6. The number of H-pyrrole nitrogens is 1. The van der Waals surface area contributed by atoms with Crippen molar-refractivity contribution < 1.29 is 13.6 Å². The molecule has 1 aromatic heterocycles. The third-order valence-corrected chi connectivity index (χ3v) is 5.33. The molecule has 2 atom stereocenters. The van der Waals surface area contributed by atoms with Gasteiger partial charge in [0.2, 0.25) is 0 Å². The summed E-state index contributed by atoms with van der Waals surface area (Å²) in [4.78, 5) is 17.5. The summed E-state index contributed by atoms with van der Waals surface area (Å²) in [7, 11) is 0. The third kappa shape index (κ3) is 3.77. The number of terminal acetylenes is 1. The second-order valence-corrected chi connectivity index (χ2v) is 7.86. The van der Waals surface area contributed by atoms with E-state index in [0.717, 1.165) is 36.7 Å². The van der Waals surface area contributed by atoms with Crippen molar-refractivity contribution in [2.24, 2.45) is 5.92 Å². The first-order valence-corrected chi connectivity index (χ1v) is 9.89. The number of nitrogens with zero attached hydrogens (tertiary/aromatic N) is 1. The maximum absolute atomic E-state index is 14.4. The van der Waals surface area contributed by atoms with E-state index in [0.29, 0.717) is 18.2 Å². The van der Waals surface area contributed by atoms with Gasteiger partial charge in [0.25, 0.3) is 5.91 Å². The van der Waals surface area contributed by atoms with Crippen LogP contribution in [-0.2, 0) is 11.2 Å². The van der Waals surface area contributed by atoms with E-state index in [2.05, 4.69) is 37.0 Å². The van der Waals surface area contributed by atoms with Gasteiger partial charge in [0.15, 0.2) is 0 Å². The highest BCUT2D eigenvalue weighted by Crippen LogP contribution is 2.40. The lowest BCUT2D eigenvalue weighted by molar-refractivity contribution is -0.132. The molecule has 0 saturated carbocycles. The number of aromatic amines is 1. The van der Waals surface area contributed by atoms with Crippen molar-refractivity contribution in [1.29, 1.82) is 0 Å². The number of rotatable bonds is 6. The van der Waals surface area contributed by atoms with Crippen LogP contribution in [0.5, 0.6) is 0 Å². The van der Waals surface area contributed by atoms with Crippen molar-refractivity contribution in [3.63, 3.8) is 0 Å². The molecule has 28 heavy (non-hydrogen) atoms. The molecule has 0 unspecified atom stereocenters. The average molecular weight is 387 g/mol. The maximum Gasteiger partial charge on any atom is 0.300 e. The Morgan fingerprint density at radius 3 is 2.82 bits per heavy atom. The summed E-state index contributed by atoms with van der Waals surface area (Å²) < 4.78 is 28.3. The van der Waals surface area contributed by atoms with Crippen molar-refractivity contribution in [2.75, 3.05) is 6.54 Å². The van der Waals surface area contributed by atoms with Crippen molar-refractivity contribution in [2.45, 2.75) is 58.7 Å². The second kappa shape index (κ2) is 8.32. The van der Waals surface area contributed by atoms with Crippen LogP contribution in [0.1, 0.15) is 57.3 Å². The molecule has 1 aliphatic rings. The highest BCUT2D eigenvalue weighted by Gasteiger charge is 2.39. The van der Waals surface area contributed by atoms with Gasteiger partial charge in [-0.2, -0.15) is 0 Å². The van der Waals surface area contributed by atoms with E-state index < -0.39 is 17.5 Å². The predicted octanol–water partition coefficient (Wildman–Crippen LogP) is 4.27. The molecule has 0 radical (unpaired) electrons. The minimum absolute atomic E-state index is 0.280. The van der Waals surface area contributed by atoms with Crippen LogP contribution in [-0.4, -0.2) is 28.5 Å². The van der Waals surface area contributed by atoms with Gasteiger partial charge in [0, 0.05) is 23.6 Å². The van der Waals surface area contributed by atoms with Crippen LogP contribution < -0.4 is 5.32 Å². The number of fused-ring (bicyclic) bond motifs is 3. The number of hydrogen-bond donors (Lipinski definition) is 2. The van der Waals surface area contributed by atoms with Crippen LogP contribution in [0.15, 0.2) is 12.1 Å². The maximum atomic E-state index is 14.4. The summed E-state index contributed by atoms with van der Waals surface area (Å²) in [5.74, 6) is 0.901. The van der Waals surface area contributed by atoms with Crippen LogP contribution in [0.25, 0.3) is 10.9 Å². The van der Waals surface area contributed by atoms with Gasteiger partial charge in [-0.3, -0.25) is 10.1 Å². The Morgan fingerprint density at radius 1 is 1.43 bits per heavy atom. The van der Waals surface area contributed by atoms with Gasteiger partial charge in [-0.25, -0.2) is 8.78 Å². The molecule has 2 N–H and O–H groups in total. The summed E-state index contributed by atoms with van der Waals surface area (Å²) in [6.45, 7) is 6.96. The fraction of sp³-hybridized carbons (Fsp3) is 0.500. The monoisotopic (exact) mass is 387 g/mol. The van der Waals surface area contributed by atoms with Crippen molar-refractivity contribution in [1.82, 2.24) is 15.2 Å². The Kier molecular flexibility index (Phi) is 6.04. The van der Waals surface area contributed by atoms with Crippen LogP contribution >= 0.6 is 0 Å². The number of nitrogens with one attached hydrogen (secondary N) is 2. The Labute approximate surface area is 164 Å². The van der Waals surface area contributed by atoms with E-state index in [9.17, 15) is 13.6 Å². The minimum Gasteiger partial charge on any atom is -0.354 e. The molecular weight excluding hydrogens is 360 g/mol. The van der Waals surface area contributed by atoms with E-state index in [1.807, 2.05) is 0 Å². The Bertz CT molecular complexity index is 913. The quantitative estimate of drug-likeness (QED) is 0.575. The second-order valence-electron chi connectivity index (χ2n) is 7.86. The van der Waals surface area contributed by atoms with E-state index in [1.165, 1.54) is 6.07 Å². The first kappa shape index (κ1) is 20.3. The lowest BCUT2D eigenvalue weighted by atomic mass is 9.89. The first-order valence-electron chi connectivity index (χ1n) is 9.89. The molecule has 2 heterocycles. The average Bonchev–Trinajstić information content (AvgIpc) is 3.00. The highest BCUT2D eigenvalue weighted by atomic mass is 19.1. The summed E-state index contributed by atoms with van der Waals surface area (Å²) in [6, 6.07) is 1.92. The number of halogens is 2. The zero-order chi connectivity index (χ0) is 20.4. The smallest absolute Gasteiger partial charge is 0.300 e. The molecule has 0 aliphatic carbocycles. The predicted molar refractivity (Wildman–Crippen MR) is 106 cm³/mol. The van der Waals surface area contributed by atoms with Gasteiger partial charge in [0.1, 0.15) is 11.6 Å². The highest BCUT2D eigenvalue weighted by molar-refractivity contribution is 5.94. The normalized spacial score (nSPS) is 19.1. The molecule has 1 aromatic carbocycles. The van der Waals surface area contributed by atoms with Crippen LogP contribution in [0.2, 0.25) is 0 Å². The minimum atomic E-state index is -0.627. The summed E-state index contributed by atoms with van der Waals surface area (Å²) in [6.07, 6.45) is 8.26. The molecule has 3 rings (SSSR count). The van der Waals surface area contributed by atoms with Gasteiger partial charge in [0.05, 0.1) is 17.7 Å². The van der Waals surface area contributed by atoms with Crippen molar-refractivity contribution >= 4 is 16.8 Å². The molecule has 6 heteroatoms. The van der Waals surface area contributed by atoms with Crippen LogP contribution in [0.4, 0.5) is 8.78 Å². The third-order valence-electron chi connectivity index (χ3n) is 5.33. The van der Waals surface area contributed by atoms with E-state index in [-0.39, 0.29) is 23.6 Å². The molecule has 2 aromatic rings. The number of carbonyl (C=O) groups excluding carboxylic acids is 1. The van der Waals surface area contributed by atoms with E-state index in [4.69, 9.17) is 6.42 Å². The fourth-order valence-electron chi connectivity index (χ4n) is 4.10. The topological polar surface area (TPSA) is 48.1 Å². The number of benzene rings is 1. The molecule has 1 aliphatic heterocycles. The van der Waals surface area contributed by atoms with Crippen LogP contribution in [0, 0.1) is 29.9 Å². The first-order chi connectivity index (χ1) is 13.4.